The molecule has 2 rings (SSSR count). The molecule has 0 atom stereocenters. The summed E-state index contributed by atoms with van der Waals surface area (Å²) in [4.78, 5) is 44.2. The minimum absolute atomic E-state index is 0.0919. The molecule has 2 aromatic rings. The predicted molar refractivity (Wildman–Crippen MR) is 420 cm³/mol. The summed E-state index contributed by atoms with van der Waals surface area (Å²) in [5, 5.41) is 1.04. The number of carbonyl (C=O) groups is 4. The van der Waals surface area contributed by atoms with Crippen molar-refractivity contribution in [3.63, 3.8) is 0 Å². The van der Waals surface area contributed by atoms with Gasteiger partial charge >= 0.3 is 17.9 Å². The smallest absolute Gasteiger partial charge is 0.311 e. The summed E-state index contributed by atoms with van der Waals surface area (Å²) in [7, 11) is -2.17. The quantitative estimate of drug-likeness (QED) is 0.107. The molecule has 544 valence electrons. The van der Waals surface area contributed by atoms with E-state index in [2.05, 4.69) is 256 Å². The Kier molecular flexibility index (Phi) is 51.2. The average molecular weight is 1330 g/mol. The molecule has 0 heterocycles. The number of benzene rings is 2. The van der Waals surface area contributed by atoms with Crippen LogP contribution < -0.4 is 0 Å². The Morgan fingerprint density at radius 1 is 0.413 bits per heavy atom. The fourth-order valence-corrected chi connectivity index (χ4v) is 7.69. The molecule has 0 aliphatic carbocycles. The van der Waals surface area contributed by atoms with Gasteiger partial charge in [-0.05, 0) is 142 Å². The number of rotatable bonds is 9. The first-order valence-corrected chi connectivity index (χ1v) is 41.0. The number of ether oxygens (including phenoxy) is 3. The maximum atomic E-state index is 11.4. The van der Waals surface area contributed by atoms with E-state index in [9.17, 15) is 19.2 Å². The third-order valence-electron chi connectivity index (χ3n) is 14.9. The first-order chi connectivity index (χ1) is 40.0. The third kappa shape index (κ3) is 75.5. The van der Waals surface area contributed by atoms with Crippen LogP contribution in [-0.4, -0.2) is 53.1 Å². The van der Waals surface area contributed by atoms with Crippen molar-refractivity contribution < 1.29 is 33.4 Å². The second kappa shape index (κ2) is 45.0. The summed E-state index contributed by atoms with van der Waals surface area (Å²) in [6.45, 7) is 103. The Balaban J connectivity index is -0.000000144. The Bertz CT molecular complexity index is 2180. The van der Waals surface area contributed by atoms with Gasteiger partial charge in [-0.25, -0.2) is 0 Å². The average Bonchev–Trinajstić information content (AvgIpc) is 0.801. The molecule has 92 heavy (non-hydrogen) atoms. The molecule has 0 radical (unpaired) electrons. The highest BCUT2D eigenvalue weighted by molar-refractivity contribution is 6.82. The third-order valence-corrected chi connectivity index (χ3v) is 24.1. The number of hydrogen-bond acceptors (Lipinski definition) is 7. The first-order valence-electron chi connectivity index (χ1n) is 34.3. The van der Waals surface area contributed by atoms with Crippen molar-refractivity contribution in [3.05, 3.63) is 97.1 Å². The van der Waals surface area contributed by atoms with Gasteiger partial charge in [-0.3, -0.25) is 19.2 Å². The van der Waals surface area contributed by atoms with Gasteiger partial charge in [0.1, 0.15) is 19.0 Å². The van der Waals surface area contributed by atoms with Crippen molar-refractivity contribution >= 4 is 39.8 Å². The first kappa shape index (κ1) is 104. The van der Waals surface area contributed by atoms with Crippen molar-refractivity contribution in [3.8, 4) is 0 Å². The minimum Gasteiger partial charge on any atom is -0.466 e. The lowest BCUT2D eigenvalue weighted by Gasteiger charge is -2.47. The molecule has 0 unspecified atom stereocenters. The largest absolute Gasteiger partial charge is 0.466 e. The lowest BCUT2D eigenvalue weighted by Crippen LogP contribution is -2.45. The monoisotopic (exact) mass is 1330 g/mol. The highest BCUT2D eigenvalue weighted by atomic mass is 28.3. The second-order valence-electron chi connectivity index (χ2n) is 39.8. The van der Waals surface area contributed by atoms with Gasteiger partial charge in [0, 0.05) is 13.5 Å². The summed E-state index contributed by atoms with van der Waals surface area (Å²) in [6.07, 6.45) is 7.05. The van der Waals surface area contributed by atoms with E-state index < -0.39 is 27.0 Å². The number of allylic oxidation sites excluding steroid dienone is 1. The van der Waals surface area contributed by atoms with Gasteiger partial charge in [0.15, 0.2) is 0 Å². The summed E-state index contributed by atoms with van der Waals surface area (Å²) in [5.74, 6) is -0.202. The topological polar surface area (TPSA) is 96.0 Å². The standard InChI is InChI=1S/C12H16O2.C11H16.C10H22O2Si.C10H24Si.C8H14O2.C8H18.C7H14.C6H12O.C6H14.C5H12/c1-12(2,3)11(13)14-9-10-7-5-4-6-8-10;1-11(2,3)9-10-7-5-4-6-8-10;1-10(2,3)9(11)12-7-8-13(4,5)6;1-9(2,3)11(7,8)10(4,5)6;1-5-6-10-7(9)8(2,3)4;1-7(2,3)8(4,5)6;1-5-6-7(2,3)4;1-5(7)6(2,3)4;1-5-6(2,3)4;1-5(2,3)4/h4-8H,9H2,1-3H3;4-8H,9H2,1-3H3;7-8H2,1-6H3;1-8H3;5H,1,6H2,2-4H3;1-6H3;5H,1,6H2,2-4H3;1-4H3;5H2,1-4H3;1-4H3. The molecule has 0 aromatic heterocycles. The maximum absolute atomic E-state index is 11.4. The highest BCUT2D eigenvalue weighted by Crippen LogP contribution is 2.50. The Hall–Kier alpha value is -3.57. The number of esters is 3. The van der Waals surface area contributed by atoms with Gasteiger partial charge in [-0.2, -0.15) is 0 Å². The fourth-order valence-electron chi connectivity index (χ4n) is 4.72. The van der Waals surface area contributed by atoms with E-state index in [0.717, 1.165) is 24.4 Å². The van der Waals surface area contributed by atoms with Crippen LogP contribution in [0.3, 0.4) is 0 Å². The molecule has 0 saturated carbocycles. The molecule has 0 fully saturated rings. The van der Waals surface area contributed by atoms with Crippen molar-refractivity contribution in [1.82, 2.24) is 0 Å². The van der Waals surface area contributed by atoms with Crippen LogP contribution in [0.4, 0.5) is 0 Å². The van der Waals surface area contributed by atoms with E-state index in [1.165, 1.54) is 12.0 Å². The number of ketones is 1. The van der Waals surface area contributed by atoms with Gasteiger partial charge in [-0.1, -0.05) is 319 Å². The van der Waals surface area contributed by atoms with E-state index in [-0.39, 0.29) is 34.5 Å². The van der Waals surface area contributed by atoms with Crippen LogP contribution in [0.2, 0.25) is 48.9 Å². The van der Waals surface area contributed by atoms with Gasteiger partial charge in [0.25, 0.3) is 0 Å². The second-order valence-corrected chi connectivity index (χ2v) is 51.6. The van der Waals surface area contributed by atoms with E-state index in [1.807, 2.05) is 119 Å². The Morgan fingerprint density at radius 2 is 0.696 bits per heavy atom. The zero-order chi connectivity index (χ0) is 76.0. The molecular weight excluding hydrogens is 1170 g/mol. The van der Waals surface area contributed by atoms with E-state index in [1.54, 1.807) is 13.0 Å². The molecule has 2 aromatic carbocycles. The minimum atomic E-state index is -1.11. The summed E-state index contributed by atoms with van der Waals surface area (Å²) in [6, 6.07) is 21.4. The molecule has 0 spiro atoms. The molecule has 9 heteroatoms. The molecule has 0 aliphatic heterocycles. The van der Waals surface area contributed by atoms with E-state index in [0.29, 0.717) is 62.4 Å². The summed E-state index contributed by atoms with van der Waals surface area (Å²) in [5.41, 5.74) is 3.88. The zero-order valence-corrected chi connectivity index (χ0v) is 72.1. The summed E-state index contributed by atoms with van der Waals surface area (Å²) >= 11 is 0. The lowest BCUT2D eigenvalue weighted by atomic mass is 9.71. The molecule has 0 N–H and O–H groups in total. The van der Waals surface area contributed by atoms with E-state index in [4.69, 9.17) is 14.2 Å². The molecule has 0 amide bonds. The normalized spacial score (nSPS) is 12.3. The van der Waals surface area contributed by atoms with Crippen LogP contribution in [0.25, 0.3) is 0 Å². The van der Waals surface area contributed by atoms with Crippen molar-refractivity contribution in [2.75, 3.05) is 13.2 Å². The van der Waals surface area contributed by atoms with Crippen LogP contribution in [0.5, 0.6) is 0 Å². The Labute approximate surface area is 579 Å². The van der Waals surface area contributed by atoms with Gasteiger partial charge < -0.3 is 14.2 Å². The summed E-state index contributed by atoms with van der Waals surface area (Å²) < 4.78 is 15.1. The molecular formula is C83H162O7Si2. The molecule has 0 bridgehead atoms. The fraction of sp³-hybridized carbons (Fsp3) is 0.759. The SMILES string of the molecule is C=CCC(C)(C)C.C=CCOC(=O)C(C)(C)C.CC(=O)C(C)(C)C.CC(C)(C)C.CC(C)(C)C(=O)OCC[Si](C)(C)C.CC(C)(C)C(=O)OCc1ccccc1.CC(C)(C)C(C)(C)C.CC(C)(C)Cc1ccccc1.CC(C)(C)[Si](C)(C)C(C)(C)C.CCC(C)(C)C. The van der Waals surface area contributed by atoms with Crippen LogP contribution in [0, 0.1) is 54.1 Å². The van der Waals surface area contributed by atoms with Crippen LogP contribution in [0.15, 0.2) is 86.0 Å². The van der Waals surface area contributed by atoms with E-state index >= 15 is 0 Å². The zero-order valence-electron chi connectivity index (χ0n) is 70.1. The van der Waals surface area contributed by atoms with Crippen molar-refractivity contribution in [1.29, 1.82) is 0 Å². The van der Waals surface area contributed by atoms with Crippen LogP contribution >= 0.6 is 0 Å². The van der Waals surface area contributed by atoms with Crippen molar-refractivity contribution in [2.24, 2.45) is 54.1 Å². The van der Waals surface area contributed by atoms with Gasteiger partial charge in [-0.15, -0.1) is 6.58 Å². The molecule has 0 aliphatic rings. The number of Topliss-reactive ketones (excluding diaryl/α,β-unsaturated/α-hetero) is 1. The van der Waals surface area contributed by atoms with Gasteiger partial charge in [0.2, 0.25) is 0 Å². The Morgan fingerprint density at radius 3 is 0.880 bits per heavy atom. The predicted octanol–water partition coefficient (Wildman–Crippen LogP) is 26.8. The highest BCUT2D eigenvalue weighted by Gasteiger charge is 2.44. The van der Waals surface area contributed by atoms with Crippen LogP contribution in [0.1, 0.15) is 294 Å². The van der Waals surface area contributed by atoms with Crippen molar-refractivity contribution in [2.45, 2.75) is 345 Å². The van der Waals surface area contributed by atoms with Gasteiger partial charge in [0.05, 0.1) is 30.9 Å². The number of hydrogen-bond donors (Lipinski definition) is 0. The van der Waals surface area contributed by atoms with Crippen LogP contribution in [-0.2, 0) is 46.4 Å². The lowest BCUT2D eigenvalue weighted by molar-refractivity contribution is -0.154. The number of carbonyl (C=O) groups excluding carboxylic acids is 4. The molecule has 0 saturated heterocycles. The maximum Gasteiger partial charge on any atom is 0.311 e. The molecule has 7 nitrogen and oxygen atoms in total.